The highest BCUT2D eigenvalue weighted by atomic mass is 32.1. The van der Waals surface area contributed by atoms with Crippen LogP contribution < -0.4 is 10.2 Å². The average molecular weight is 288 g/mol. The highest BCUT2D eigenvalue weighted by Gasteiger charge is 2.22. The van der Waals surface area contributed by atoms with Crippen LogP contribution in [0.1, 0.15) is 24.7 Å². The number of nitrogens with one attached hydrogen (secondary N) is 1. The van der Waals surface area contributed by atoms with Crippen molar-refractivity contribution in [1.82, 2.24) is 9.36 Å². The summed E-state index contributed by atoms with van der Waals surface area (Å²) in [6, 6.07) is 6.09. The normalized spacial score (nSPS) is 14.3. The quantitative estimate of drug-likeness (QED) is 0.943. The minimum absolute atomic E-state index is 0.209. The fraction of sp³-hybridized carbons (Fsp3) is 0.357. The van der Waals surface area contributed by atoms with Crippen LogP contribution in [-0.4, -0.2) is 21.8 Å². The molecule has 6 heteroatoms. The highest BCUT2D eigenvalue weighted by molar-refractivity contribution is 7.09. The van der Waals surface area contributed by atoms with Crippen LogP contribution in [0.2, 0.25) is 0 Å². The molecule has 20 heavy (non-hydrogen) atoms. The molecule has 1 aliphatic rings. The van der Waals surface area contributed by atoms with Crippen molar-refractivity contribution >= 4 is 33.9 Å². The van der Waals surface area contributed by atoms with Gasteiger partial charge < -0.3 is 10.2 Å². The zero-order valence-corrected chi connectivity index (χ0v) is 12.3. The number of nitrogens with zero attached hydrogens (tertiary/aromatic N) is 3. The molecule has 1 amide bonds. The molecule has 0 fully saturated rings. The first-order valence-electron chi connectivity index (χ1n) is 6.68. The highest BCUT2D eigenvalue weighted by Crippen LogP contribution is 2.31. The number of rotatable bonds is 3. The van der Waals surface area contributed by atoms with Crippen LogP contribution in [-0.2, 0) is 11.2 Å². The SMILES string of the molecule is CCN1C(=O)CCc2cc(Nc3nc(C)ns3)ccc21. The van der Waals surface area contributed by atoms with Crippen molar-refractivity contribution in [2.75, 3.05) is 16.8 Å². The predicted molar refractivity (Wildman–Crippen MR) is 80.7 cm³/mol. The molecular formula is C14H16N4OS. The first kappa shape index (κ1) is 13.1. The van der Waals surface area contributed by atoms with Crippen molar-refractivity contribution in [3.05, 3.63) is 29.6 Å². The fourth-order valence-electron chi connectivity index (χ4n) is 2.46. The van der Waals surface area contributed by atoms with Gasteiger partial charge in [-0.25, -0.2) is 4.98 Å². The van der Waals surface area contributed by atoms with E-state index < -0.39 is 0 Å². The topological polar surface area (TPSA) is 58.1 Å². The second kappa shape index (κ2) is 5.20. The summed E-state index contributed by atoms with van der Waals surface area (Å²) in [5, 5.41) is 4.05. The van der Waals surface area contributed by atoms with Gasteiger partial charge in [0, 0.05) is 35.9 Å². The maximum Gasteiger partial charge on any atom is 0.227 e. The molecule has 2 aromatic rings. The van der Waals surface area contributed by atoms with E-state index in [0.29, 0.717) is 13.0 Å². The summed E-state index contributed by atoms with van der Waals surface area (Å²) in [5.41, 5.74) is 3.23. The number of fused-ring (bicyclic) bond motifs is 1. The molecule has 3 rings (SSSR count). The molecule has 0 aliphatic carbocycles. The number of amides is 1. The number of benzene rings is 1. The largest absolute Gasteiger partial charge is 0.330 e. The number of anilines is 3. The lowest BCUT2D eigenvalue weighted by Gasteiger charge is -2.28. The van der Waals surface area contributed by atoms with Gasteiger partial charge >= 0.3 is 0 Å². The monoisotopic (exact) mass is 288 g/mol. The summed E-state index contributed by atoms with van der Waals surface area (Å²) in [6.45, 7) is 4.59. The Hall–Kier alpha value is -1.95. The smallest absolute Gasteiger partial charge is 0.227 e. The van der Waals surface area contributed by atoms with Crippen LogP contribution in [0.4, 0.5) is 16.5 Å². The van der Waals surface area contributed by atoms with E-state index >= 15 is 0 Å². The molecule has 0 radical (unpaired) electrons. The van der Waals surface area contributed by atoms with Crippen LogP contribution in [0.5, 0.6) is 0 Å². The summed E-state index contributed by atoms with van der Waals surface area (Å²) in [5.74, 6) is 0.985. The van der Waals surface area contributed by atoms with Gasteiger partial charge in [0.15, 0.2) is 0 Å². The zero-order chi connectivity index (χ0) is 14.1. The van der Waals surface area contributed by atoms with Gasteiger partial charge in [-0.3, -0.25) is 4.79 Å². The molecule has 0 saturated heterocycles. The maximum atomic E-state index is 11.9. The molecule has 5 nitrogen and oxygen atoms in total. The molecule has 0 spiro atoms. The van der Waals surface area contributed by atoms with Crippen LogP contribution >= 0.6 is 11.5 Å². The molecule has 0 bridgehead atoms. The number of carbonyl (C=O) groups is 1. The van der Waals surface area contributed by atoms with Crippen molar-refractivity contribution < 1.29 is 4.79 Å². The van der Waals surface area contributed by atoms with E-state index in [1.54, 1.807) is 0 Å². The summed E-state index contributed by atoms with van der Waals surface area (Å²) < 4.78 is 4.15. The van der Waals surface area contributed by atoms with Crippen molar-refractivity contribution in [2.24, 2.45) is 0 Å². The van der Waals surface area contributed by atoms with Crippen molar-refractivity contribution in [3.63, 3.8) is 0 Å². The molecule has 1 aromatic carbocycles. The van der Waals surface area contributed by atoms with Crippen molar-refractivity contribution in [1.29, 1.82) is 0 Å². The Morgan fingerprint density at radius 1 is 1.40 bits per heavy atom. The van der Waals surface area contributed by atoms with E-state index in [4.69, 9.17) is 0 Å². The van der Waals surface area contributed by atoms with Crippen molar-refractivity contribution in [2.45, 2.75) is 26.7 Å². The Bertz CT molecular complexity index is 652. The summed E-state index contributed by atoms with van der Waals surface area (Å²) in [7, 11) is 0. The van der Waals surface area contributed by atoms with E-state index in [2.05, 4.69) is 20.7 Å². The predicted octanol–water partition coefficient (Wildman–Crippen LogP) is 2.89. The van der Waals surface area contributed by atoms with Crippen LogP contribution in [0.3, 0.4) is 0 Å². The minimum atomic E-state index is 0.209. The number of carbonyl (C=O) groups excluding carboxylic acids is 1. The molecule has 0 atom stereocenters. The Morgan fingerprint density at radius 3 is 2.95 bits per heavy atom. The van der Waals surface area contributed by atoms with Crippen LogP contribution in [0.25, 0.3) is 0 Å². The lowest BCUT2D eigenvalue weighted by atomic mass is 10.0. The molecule has 1 aliphatic heterocycles. The Kier molecular flexibility index (Phi) is 3.40. The van der Waals surface area contributed by atoms with E-state index in [1.807, 2.05) is 30.9 Å². The number of aryl methyl sites for hydroxylation is 2. The Labute approximate surface area is 121 Å². The Morgan fingerprint density at radius 2 is 2.25 bits per heavy atom. The summed E-state index contributed by atoms with van der Waals surface area (Å²) >= 11 is 1.35. The molecule has 1 aromatic heterocycles. The second-order valence-corrected chi connectivity index (χ2v) is 5.51. The first-order chi connectivity index (χ1) is 9.67. The van der Waals surface area contributed by atoms with E-state index in [-0.39, 0.29) is 5.91 Å². The van der Waals surface area contributed by atoms with E-state index in [9.17, 15) is 4.79 Å². The van der Waals surface area contributed by atoms with Gasteiger partial charge in [-0.1, -0.05) is 0 Å². The van der Waals surface area contributed by atoms with Crippen LogP contribution in [0.15, 0.2) is 18.2 Å². The number of aromatic nitrogens is 2. The molecule has 104 valence electrons. The summed E-state index contributed by atoms with van der Waals surface area (Å²) in [6.07, 6.45) is 1.39. The molecule has 2 heterocycles. The molecular weight excluding hydrogens is 272 g/mol. The average Bonchev–Trinajstić information content (AvgIpc) is 2.84. The minimum Gasteiger partial charge on any atom is -0.330 e. The standard InChI is InChI=1S/C14H16N4OS/c1-3-18-12-6-5-11(8-10(12)4-7-13(18)19)16-14-15-9(2)17-20-14/h5-6,8H,3-4,7H2,1-2H3,(H,15,16,17). The van der Waals surface area contributed by atoms with Gasteiger partial charge in [0.05, 0.1) is 0 Å². The summed E-state index contributed by atoms with van der Waals surface area (Å²) in [4.78, 5) is 18.0. The van der Waals surface area contributed by atoms with Gasteiger partial charge in [0.1, 0.15) is 5.82 Å². The van der Waals surface area contributed by atoms with E-state index in [0.717, 1.165) is 28.8 Å². The number of hydrogen-bond donors (Lipinski definition) is 1. The number of hydrogen-bond acceptors (Lipinski definition) is 5. The van der Waals surface area contributed by atoms with Gasteiger partial charge in [-0.2, -0.15) is 4.37 Å². The lowest BCUT2D eigenvalue weighted by Crippen LogP contribution is -2.34. The van der Waals surface area contributed by atoms with Gasteiger partial charge in [0.25, 0.3) is 0 Å². The molecule has 0 saturated carbocycles. The van der Waals surface area contributed by atoms with Gasteiger partial charge in [-0.05, 0) is 44.0 Å². The molecule has 0 unspecified atom stereocenters. The maximum absolute atomic E-state index is 11.9. The first-order valence-corrected chi connectivity index (χ1v) is 7.45. The fourth-order valence-corrected chi connectivity index (χ4v) is 3.05. The second-order valence-electron chi connectivity index (χ2n) is 4.75. The third kappa shape index (κ3) is 2.38. The van der Waals surface area contributed by atoms with Crippen LogP contribution in [0, 0.1) is 6.92 Å². The van der Waals surface area contributed by atoms with E-state index in [1.165, 1.54) is 17.1 Å². The van der Waals surface area contributed by atoms with Crippen molar-refractivity contribution in [3.8, 4) is 0 Å². The Balaban J connectivity index is 1.88. The lowest BCUT2D eigenvalue weighted by molar-refractivity contribution is -0.118. The molecule has 1 N–H and O–H groups in total. The third-order valence-electron chi connectivity index (χ3n) is 3.37. The van der Waals surface area contributed by atoms with Gasteiger partial charge in [-0.15, -0.1) is 0 Å². The van der Waals surface area contributed by atoms with Gasteiger partial charge in [0.2, 0.25) is 11.0 Å². The third-order valence-corrected chi connectivity index (χ3v) is 4.10. The zero-order valence-electron chi connectivity index (χ0n) is 11.5.